The van der Waals surface area contributed by atoms with E-state index in [1.165, 1.54) is 44.9 Å². The average molecular weight is 883 g/mol. The van der Waals surface area contributed by atoms with Crippen molar-refractivity contribution in [2.45, 2.75) is 207 Å². The molecule has 5 heteroatoms. The van der Waals surface area contributed by atoms with Crippen molar-refractivity contribution in [2.24, 2.45) is 0 Å². The second kappa shape index (κ2) is 53.4. The molecule has 360 valence electrons. The molecule has 0 amide bonds. The highest BCUT2D eigenvalue weighted by molar-refractivity contribution is 5.70. The molecule has 0 rings (SSSR count). The molecule has 0 saturated carbocycles. The number of unbranched alkanes of at least 4 members (excludes halogenated alkanes) is 12. The van der Waals surface area contributed by atoms with Crippen LogP contribution in [0.15, 0.2) is 134 Å². The number of rotatable bonds is 45. The molecule has 1 atom stereocenters. The lowest BCUT2D eigenvalue weighted by Gasteiger charge is -2.18. The third kappa shape index (κ3) is 50.7. The molecule has 0 radical (unpaired) electrons. The van der Waals surface area contributed by atoms with Crippen molar-refractivity contribution in [2.75, 3.05) is 19.8 Å². The average Bonchev–Trinajstić information content (AvgIpc) is 3.30. The van der Waals surface area contributed by atoms with Gasteiger partial charge in [0, 0.05) is 19.4 Å². The summed E-state index contributed by atoms with van der Waals surface area (Å²) in [7, 11) is 0. The lowest BCUT2D eigenvalue weighted by Crippen LogP contribution is -2.30. The Morgan fingerprint density at radius 1 is 0.359 bits per heavy atom. The minimum absolute atomic E-state index is 0.0201. The summed E-state index contributed by atoms with van der Waals surface area (Å²) in [5.74, 6) is -0.533. The van der Waals surface area contributed by atoms with Crippen LogP contribution in [0.3, 0.4) is 0 Å². The van der Waals surface area contributed by atoms with E-state index in [1.807, 2.05) is 6.08 Å². The van der Waals surface area contributed by atoms with Gasteiger partial charge in [-0.25, -0.2) is 0 Å². The van der Waals surface area contributed by atoms with Crippen molar-refractivity contribution in [3.05, 3.63) is 134 Å². The van der Waals surface area contributed by atoms with Crippen LogP contribution in [0.2, 0.25) is 0 Å². The van der Waals surface area contributed by atoms with Gasteiger partial charge in [-0.1, -0.05) is 199 Å². The predicted octanol–water partition coefficient (Wildman–Crippen LogP) is 17.6. The fourth-order valence-corrected chi connectivity index (χ4v) is 6.40. The molecular weight excluding hydrogens is 789 g/mol. The lowest BCUT2D eigenvalue weighted by molar-refractivity contribution is -0.162. The van der Waals surface area contributed by atoms with E-state index in [-0.39, 0.29) is 31.6 Å². The van der Waals surface area contributed by atoms with E-state index < -0.39 is 6.10 Å². The summed E-state index contributed by atoms with van der Waals surface area (Å²) in [6.07, 6.45) is 76.2. The van der Waals surface area contributed by atoms with Gasteiger partial charge < -0.3 is 14.2 Å². The van der Waals surface area contributed by atoms with Gasteiger partial charge in [-0.2, -0.15) is 0 Å². The molecule has 0 aliphatic heterocycles. The molecule has 0 N–H and O–H groups in total. The molecule has 0 aromatic rings. The Labute approximate surface area is 394 Å². The predicted molar refractivity (Wildman–Crippen MR) is 278 cm³/mol. The molecular formula is C59H94O5. The molecule has 0 fully saturated rings. The minimum atomic E-state index is -0.597. The van der Waals surface area contributed by atoms with Crippen LogP contribution >= 0.6 is 0 Å². The van der Waals surface area contributed by atoms with E-state index in [2.05, 4.69) is 148 Å². The molecule has 0 aromatic carbocycles. The molecule has 0 heterocycles. The monoisotopic (exact) mass is 883 g/mol. The lowest BCUT2D eigenvalue weighted by atomic mass is 10.1. The molecule has 0 saturated heterocycles. The van der Waals surface area contributed by atoms with Crippen molar-refractivity contribution in [3.63, 3.8) is 0 Å². The maximum absolute atomic E-state index is 12.8. The fraction of sp³-hybridized carbons (Fsp3) is 0.593. The molecule has 1 unspecified atom stereocenters. The Bertz CT molecular complexity index is 1370. The Morgan fingerprint density at radius 3 is 1.20 bits per heavy atom. The Balaban J connectivity index is 4.48. The third-order valence-electron chi connectivity index (χ3n) is 10.2. The summed E-state index contributed by atoms with van der Waals surface area (Å²) >= 11 is 0. The molecule has 0 aromatic heterocycles. The van der Waals surface area contributed by atoms with Gasteiger partial charge in [-0.05, 0) is 122 Å². The molecule has 64 heavy (non-hydrogen) atoms. The number of esters is 2. The van der Waals surface area contributed by atoms with Crippen molar-refractivity contribution < 1.29 is 23.8 Å². The van der Waals surface area contributed by atoms with E-state index in [4.69, 9.17) is 14.2 Å². The second-order valence-corrected chi connectivity index (χ2v) is 16.3. The normalized spacial score (nSPS) is 13.4. The van der Waals surface area contributed by atoms with Crippen LogP contribution in [0.4, 0.5) is 0 Å². The maximum atomic E-state index is 12.8. The number of ether oxygens (including phenoxy) is 3. The first-order chi connectivity index (χ1) is 31.6. The maximum Gasteiger partial charge on any atom is 0.306 e. The zero-order valence-electron chi connectivity index (χ0n) is 41.2. The highest BCUT2D eigenvalue weighted by Crippen LogP contribution is 2.11. The smallest absolute Gasteiger partial charge is 0.306 e. The van der Waals surface area contributed by atoms with E-state index in [1.54, 1.807) is 0 Å². The summed E-state index contributed by atoms with van der Waals surface area (Å²) in [5.41, 5.74) is 0. The van der Waals surface area contributed by atoms with Crippen molar-refractivity contribution in [3.8, 4) is 0 Å². The summed E-state index contributed by atoms with van der Waals surface area (Å²) < 4.78 is 17.3. The summed E-state index contributed by atoms with van der Waals surface area (Å²) in [4.78, 5) is 25.4. The van der Waals surface area contributed by atoms with Crippen LogP contribution in [0.1, 0.15) is 201 Å². The molecule has 0 aliphatic rings. The number of carbonyl (C=O) groups excluding carboxylic acids is 2. The van der Waals surface area contributed by atoms with Gasteiger partial charge in [-0.3, -0.25) is 9.59 Å². The van der Waals surface area contributed by atoms with Crippen molar-refractivity contribution >= 4 is 11.9 Å². The highest BCUT2D eigenvalue weighted by atomic mass is 16.6. The zero-order chi connectivity index (χ0) is 46.3. The van der Waals surface area contributed by atoms with E-state index >= 15 is 0 Å². The quantitative estimate of drug-likeness (QED) is 0.0346. The highest BCUT2D eigenvalue weighted by Gasteiger charge is 2.17. The number of hydrogen-bond donors (Lipinski definition) is 0. The summed E-state index contributed by atoms with van der Waals surface area (Å²) in [6, 6.07) is 0. The van der Waals surface area contributed by atoms with Gasteiger partial charge in [0.2, 0.25) is 0 Å². The first-order valence-corrected chi connectivity index (χ1v) is 25.7. The Hall–Kier alpha value is -3.96. The van der Waals surface area contributed by atoms with E-state index in [0.29, 0.717) is 19.4 Å². The first-order valence-electron chi connectivity index (χ1n) is 25.7. The van der Waals surface area contributed by atoms with Crippen LogP contribution in [-0.2, 0) is 23.8 Å². The van der Waals surface area contributed by atoms with E-state index in [9.17, 15) is 9.59 Å². The van der Waals surface area contributed by atoms with Gasteiger partial charge in [0.1, 0.15) is 6.61 Å². The van der Waals surface area contributed by atoms with Crippen molar-refractivity contribution in [1.82, 2.24) is 0 Å². The largest absolute Gasteiger partial charge is 0.462 e. The van der Waals surface area contributed by atoms with Crippen LogP contribution in [0, 0.1) is 0 Å². The van der Waals surface area contributed by atoms with Gasteiger partial charge in [0.05, 0.1) is 6.61 Å². The second-order valence-electron chi connectivity index (χ2n) is 16.3. The topological polar surface area (TPSA) is 61.8 Å². The number of allylic oxidation sites excluding steroid dienone is 22. The van der Waals surface area contributed by atoms with Crippen molar-refractivity contribution in [1.29, 1.82) is 0 Å². The van der Waals surface area contributed by atoms with Crippen LogP contribution in [-0.4, -0.2) is 37.9 Å². The molecule has 0 bridgehead atoms. The molecule has 0 spiro atoms. The molecule has 0 aliphatic carbocycles. The molecule has 5 nitrogen and oxygen atoms in total. The van der Waals surface area contributed by atoms with Gasteiger partial charge in [0.25, 0.3) is 0 Å². The van der Waals surface area contributed by atoms with Crippen LogP contribution < -0.4 is 0 Å². The van der Waals surface area contributed by atoms with Gasteiger partial charge in [0.15, 0.2) is 6.10 Å². The first kappa shape index (κ1) is 60.0. The summed E-state index contributed by atoms with van der Waals surface area (Å²) in [6.45, 7) is 7.40. The van der Waals surface area contributed by atoms with Crippen LogP contribution in [0.25, 0.3) is 0 Å². The zero-order valence-corrected chi connectivity index (χ0v) is 41.2. The van der Waals surface area contributed by atoms with E-state index in [0.717, 1.165) is 116 Å². The van der Waals surface area contributed by atoms with Gasteiger partial charge >= 0.3 is 11.9 Å². The summed E-state index contributed by atoms with van der Waals surface area (Å²) in [5, 5.41) is 0. The van der Waals surface area contributed by atoms with Gasteiger partial charge in [-0.15, -0.1) is 0 Å². The third-order valence-corrected chi connectivity index (χ3v) is 10.2. The Kier molecular flexibility index (Phi) is 50.1. The number of carbonyl (C=O) groups is 2. The minimum Gasteiger partial charge on any atom is -0.462 e. The number of hydrogen-bond acceptors (Lipinski definition) is 5. The Morgan fingerprint density at radius 2 is 0.734 bits per heavy atom. The fourth-order valence-electron chi connectivity index (χ4n) is 6.40. The SMILES string of the molecule is CC/C=C\C/C=C\C/C=C\C/C=C\C/C=C\C/C=C\CCC(=O)OCC(COCCCCC/C=C\C/C=C\C/C=C\C/C=C\CC)OC(=O)CCCCCCC/C=C\CCCCCC. The van der Waals surface area contributed by atoms with Crippen LogP contribution in [0.5, 0.6) is 0 Å². The standard InChI is InChI=1S/C59H94O5/c1-4-7-10-13-16-19-22-25-27-29-30-31-32-35-37-40-43-46-49-52-58(60)63-56-57(64-59(61)53-50-47-44-41-38-34-24-21-18-15-12-9-6-3)55-62-54-51-48-45-42-39-36-33-28-26-23-20-17-14-11-8-5-2/h7-8,10-11,16-17,19-21,24-28,30-31,35-37,39,43,46,57H,4-6,9,12-15,18,22-23,29,32-34,38,40-42,44-45,47-56H2,1-3H3/b10-7-,11-8-,19-16-,20-17-,24-21-,27-25-,28-26-,31-30-,37-35-,39-36-,46-43-.